The van der Waals surface area contributed by atoms with Gasteiger partial charge in [-0.2, -0.15) is 0 Å². The molecule has 0 bridgehead atoms. The topological polar surface area (TPSA) is 227 Å². The number of rotatable bonds is 22. The lowest BCUT2D eigenvalue weighted by Crippen LogP contribution is -2.49. The van der Waals surface area contributed by atoms with E-state index in [1.54, 1.807) is 18.3 Å². The van der Waals surface area contributed by atoms with Crippen LogP contribution in [0.3, 0.4) is 0 Å². The number of pyridine rings is 2. The Morgan fingerprint density at radius 3 is 1.61 bits per heavy atom. The van der Waals surface area contributed by atoms with Gasteiger partial charge in [-0.15, -0.1) is 0 Å². The Hall–Kier alpha value is -7.15. The monoisotopic (exact) mass is 1160 g/mol. The van der Waals surface area contributed by atoms with Gasteiger partial charge in [0, 0.05) is 91.9 Å². The van der Waals surface area contributed by atoms with Crippen molar-refractivity contribution in [1.29, 1.82) is 0 Å². The summed E-state index contributed by atoms with van der Waals surface area (Å²) in [7, 11) is -2.39. The molecular formula is C60H81F2N10O8Si2+. The van der Waals surface area contributed by atoms with Crippen molar-refractivity contribution < 1.29 is 51.5 Å². The Morgan fingerprint density at radius 1 is 0.683 bits per heavy atom. The quantitative estimate of drug-likeness (QED) is 0.0332. The van der Waals surface area contributed by atoms with Gasteiger partial charge in [-0.3, -0.25) is 19.2 Å². The van der Waals surface area contributed by atoms with Gasteiger partial charge < -0.3 is 44.8 Å². The van der Waals surface area contributed by atoms with Gasteiger partial charge in [0.1, 0.15) is 42.1 Å². The fourth-order valence-corrected chi connectivity index (χ4v) is 10.8. The zero-order valence-electron chi connectivity index (χ0n) is 49.1. The molecule has 18 nitrogen and oxygen atoms in total. The molecule has 4 aromatic heterocycles. The predicted molar refractivity (Wildman–Crippen MR) is 315 cm³/mol. The van der Waals surface area contributed by atoms with Crippen LogP contribution >= 0.6 is 0 Å². The van der Waals surface area contributed by atoms with Gasteiger partial charge in [-0.05, 0) is 56.1 Å². The van der Waals surface area contributed by atoms with Gasteiger partial charge >= 0.3 is 0 Å². The minimum Gasteiger partial charge on any atom is -0.471 e. The number of amides is 4. The molecular weight excluding hydrogens is 1080 g/mol. The lowest BCUT2D eigenvalue weighted by atomic mass is 10.0. The Morgan fingerprint density at radius 2 is 1.15 bits per heavy atom. The summed E-state index contributed by atoms with van der Waals surface area (Å²) in [5.74, 6) is -0.114. The van der Waals surface area contributed by atoms with Crippen LogP contribution in [-0.2, 0) is 45.4 Å². The average molecular weight is 1160 g/mol. The van der Waals surface area contributed by atoms with Crippen molar-refractivity contribution in [1.82, 2.24) is 34.3 Å². The van der Waals surface area contributed by atoms with Crippen LogP contribution in [0.15, 0.2) is 85.5 Å². The number of ether oxygens (including phenoxy) is 4. The molecule has 2 saturated heterocycles. The Labute approximate surface area is 481 Å². The lowest BCUT2D eigenvalue weighted by Gasteiger charge is -2.34. The average Bonchev–Trinajstić information content (AvgIpc) is 3.99. The number of nitrogens with one attached hydrogen (secondary N) is 1. The molecule has 0 spiro atoms. The number of piperidine rings is 2. The van der Waals surface area contributed by atoms with Crippen molar-refractivity contribution in [2.75, 3.05) is 39.4 Å². The number of nitrogens with zero attached hydrogens (tertiary/aromatic N) is 7. The normalized spacial score (nSPS) is 17.5. The molecule has 82 heavy (non-hydrogen) atoms. The molecule has 6 aromatic rings. The Kier molecular flexibility index (Phi) is 21.1. The number of imidazole rings is 2. The van der Waals surface area contributed by atoms with Crippen LogP contribution in [0.4, 0.5) is 8.78 Å². The van der Waals surface area contributed by atoms with Gasteiger partial charge in [0.2, 0.25) is 23.6 Å². The molecule has 22 heteroatoms. The smallest absolute Gasteiger partial charge is 0.254 e. The maximum Gasteiger partial charge on any atom is 0.254 e. The van der Waals surface area contributed by atoms with E-state index in [9.17, 15) is 19.2 Å². The first-order valence-corrected chi connectivity index (χ1v) is 35.4. The van der Waals surface area contributed by atoms with Gasteiger partial charge in [0.05, 0.1) is 31.6 Å². The maximum absolute atomic E-state index is 15.2. The van der Waals surface area contributed by atoms with Crippen LogP contribution in [0.25, 0.3) is 22.5 Å². The lowest BCUT2D eigenvalue weighted by molar-refractivity contribution is -0.727. The molecule has 0 radical (unpaired) electrons. The van der Waals surface area contributed by atoms with Crippen molar-refractivity contribution in [3.05, 3.63) is 130 Å². The van der Waals surface area contributed by atoms with E-state index in [1.165, 1.54) is 16.0 Å². The number of hydrogen-bond donors (Lipinski definition) is 3. The SMILES string of the molecule is Cc1ccc(CC(=O)N2CC[C@H](Oc3ncc(-c4c[nH]c(C)[n+]4COCC[Si](C)(C)C)cc3C(N)=O)[C@H](F)C2)cc1.Cc1ccc(CC(=O)N2CC[C@H](Oc3ncc(-c4cn(COCC[Si](C)(C)C)c(C)n4)cc3C(N)=O)[C@H](F)C2)cc1. The van der Waals surface area contributed by atoms with Crippen molar-refractivity contribution in [2.45, 2.75) is 143 Å². The molecule has 4 amide bonds. The molecule has 8 rings (SSSR count). The van der Waals surface area contributed by atoms with Crippen LogP contribution in [0.2, 0.25) is 51.4 Å². The van der Waals surface area contributed by atoms with Gasteiger partial charge in [0.15, 0.2) is 24.8 Å². The number of carbonyl (C=O) groups is 4. The highest BCUT2D eigenvalue weighted by molar-refractivity contribution is 6.76. The summed E-state index contributed by atoms with van der Waals surface area (Å²) in [6.07, 6.45) is 3.17. The van der Waals surface area contributed by atoms with Crippen LogP contribution in [0.1, 0.15) is 67.5 Å². The van der Waals surface area contributed by atoms with Crippen molar-refractivity contribution in [3.63, 3.8) is 0 Å². The molecule has 2 aromatic carbocycles. The minimum absolute atomic E-state index is 0.0153. The van der Waals surface area contributed by atoms with E-state index in [-0.39, 0.29) is 73.5 Å². The summed E-state index contributed by atoms with van der Waals surface area (Å²) in [5.41, 5.74) is 18.1. The largest absolute Gasteiger partial charge is 0.471 e. The second-order valence-electron chi connectivity index (χ2n) is 23.8. The molecule has 4 atom stereocenters. The summed E-state index contributed by atoms with van der Waals surface area (Å²) >= 11 is 0. The molecule has 6 heterocycles. The van der Waals surface area contributed by atoms with Crippen LogP contribution in [0, 0.1) is 27.7 Å². The van der Waals surface area contributed by atoms with E-state index in [2.05, 4.69) is 59.2 Å². The van der Waals surface area contributed by atoms with Crippen LogP contribution in [0.5, 0.6) is 11.8 Å². The van der Waals surface area contributed by atoms with Crippen LogP contribution in [-0.4, -0.2) is 138 Å². The van der Waals surface area contributed by atoms with E-state index >= 15 is 8.78 Å². The van der Waals surface area contributed by atoms with Crippen molar-refractivity contribution >= 4 is 39.8 Å². The molecule has 0 aliphatic carbocycles. The third-order valence-electron chi connectivity index (χ3n) is 14.5. The summed E-state index contributed by atoms with van der Waals surface area (Å²) < 4.78 is 57.8. The Bertz CT molecular complexity index is 3160. The Balaban J connectivity index is 0.000000236. The predicted octanol–water partition coefficient (Wildman–Crippen LogP) is 8.49. The number of aryl methyl sites for hydroxylation is 4. The zero-order chi connectivity index (χ0) is 59.5. The molecule has 0 unspecified atom stereocenters. The molecule has 2 aliphatic rings. The third kappa shape index (κ3) is 17.7. The molecule has 440 valence electrons. The first-order chi connectivity index (χ1) is 38.8. The third-order valence-corrected chi connectivity index (χ3v) is 17.9. The second-order valence-corrected chi connectivity index (χ2v) is 35.1. The van der Waals surface area contributed by atoms with Crippen molar-refractivity contribution in [2.24, 2.45) is 11.5 Å². The van der Waals surface area contributed by atoms with E-state index in [0.717, 1.165) is 51.7 Å². The summed E-state index contributed by atoms with van der Waals surface area (Å²) in [4.78, 5) is 69.7. The van der Waals surface area contributed by atoms with Gasteiger partial charge in [0.25, 0.3) is 17.6 Å². The number of halogens is 2. The van der Waals surface area contributed by atoms with E-state index in [1.807, 2.05) is 97.8 Å². The second kappa shape index (κ2) is 27.7. The first kappa shape index (κ1) is 62.5. The summed E-state index contributed by atoms with van der Waals surface area (Å²) in [6.45, 7) is 24.2. The number of hydrogen-bond acceptors (Lipinski definition) is 11. The number of likely N-dealkylation sites (tertiary alicyclic amines) is 2. The molecule has 0 saturated carbocycles. The number of carbonyl (C=O) groups excluding carboxylic acids is 4. The number of aromatic amines is 1. The highest BCUT2D eigenvalue weighted by Crippen LogP contribution is 2.30. The summed E-state index contributed by atoms with van der Waals surface area (Å²) in [6, 6.07) is 20.8. The fraction of sp³-hybridized carbons (Fsp3) is 0.467. The zero-order valence-corrected chi connectivity index (χ0v) is 51.1. The fourth-order valence-electron chi connectivity index (χ4n) is 9.25. The molecule has 2 aliphatic heterocycles. The number of primary amides is 2. The number of benzene rings is 2. The number of nitrogens with two attached hydrogens (primary N) is 2. The van der Waals surface area contributed by atoms with Crippen molar-refractivity contribution in [3.8, 4) is 34.3 Å². The maximum atomic E-state index is 15.2. The number of alkyl halides is 2. The molecule has 2 fully saturated rings. The van der Waals surface area contributed by atoms with E-state index < -0.39 is 52.5 Å². The summed E-state index contributed by atoms with van der Waals surface area (Å²) in [5, 5.41) is 0. The highest BCUT2D eigenvalue weighted by atomic mass is 28.3. The van der Waals surface area contributed by atoms with Gasteiger partial charge in [-0.1, -0.05) is 98.9 Å². The van der Waals surface area contributed by atoms with Gasteiger partial charge in [-0.25, -0.2) is 33.3 Å². The standard InChI is InChI=1S/2C30H40FN5O4Si/c1-20-6-8-22(9-7-20)14-28(37)35-11-10-27(25(31)18-35)40-30-24(29(32)38)15-23(16-34-30)26-17-33-21(2)36(26)19-39-12-13-41(3,4)5;1-20-6-8-22(9-7-20)14-28(37)35-11-10-27(25(31)17-35)40-30-24(29(32)38)15-23(16-33-30)26-18-36(21(2)34-26)19-39-12-13-41(3,4)5/h6-9,15-17,25,27H,10-14,18-19H2,1-5H3,(H2,32,38);6-9,15-16,18,25,27H,10-14,17,19H2,1-5H3,(H2,32,38)/p+1/t2*25-,27+/m11/s1. The number of aromatic nitrogens is 6. The number of H-pyrrole nitrogens is 1. The van der Waals surface area contributed by atoms with E-state index in [0.29, 0.717) is 56.6 Å². The van der Waals surface area contributed by atoms with E-state index in [4.69, 9.17) is 30.4 Å². The molecule has 5 N–H and O–H groups in total. The van der Waals surface area contributed by atoms with Crippen LogP contribution < -0.4 is 25.5 Å². The minimum atomic E-state index is -1.44. The first-order valence-electron chi connectivity index (χ1n) is 28.0. The highest BCUT2D eigenvalue weighted by Gasteiger charge is 2.36.